The first kappa shape index (κ1) is 90.6. The number of ketones is 5. The van der Waals surface area contributed by atoms with Crippen LogP contribution in [-0.2, 0) is 14.4 Å². The van der Waals surface area contributed by atoms with Gasteiger partial charge in [0.05, 0.1) is 46.0 Å². The zero-order valence-corrected chi connectivity index (χ0v) is 71.6. The predicted molar refractivity (Wildman–Crippen MR) is 470 cm³/mol. The summed E-state index contributed by atoms with van der Waals surface area (Å²) in [7, 11) is 1.96. The van der Waals surface area contributed by atoms with Gasteiger partial charge in [0.2, 0.25) is 23.8 Å². The number of anilines is 8. The van der Waals surface area contributed by atoms with E-state index in [1.165, 1.54) is 20.8 Å². The minimum atomic E-state index is -0.396. The summed E-state index contributed by atoms with van der Waals surface area (Å²) in [6.45, 7) is 18.1. The summed E-state index contributed by atoms with van der Waals surface area (Å²) in [4.78, 5) is 176. The van der Waals surface area contributed by atoms with E-state index >= 15 is 0 Å². The highest BCUT2D eigenvalue weighted by Crippen LogP contribution is 2.36. The van der Waals surface area contributed by atoms with E-state index in [1.54, 1.807) is 83.1 Å². The van der Waals surface area contributed by atoms with E-state index in [0.29, 0.717) is 117 Å². The first-order chi connectivity index (χ1) is 59.4. The normalized spacial score (nSPS) is 15.4. The number of hydrogen-bond donors (Lipinski definition) is 7. The minimum Gasteiger partial charge on any atom is -0.389 e. The van der Waals surface area contributed by atoms with Crippen LogP contribution in [0.2, 0.25) is 0 Å². The van der Waals surface area contributed by atoms with Gasteiger partial charge in [-0.25, -0.2) is 35.4 Å². The highest BCUT2D eigenvalue weighted by atomic mass is 16.5. The molecule has 123 heavy (non-hydrogen) atoms. The molecule has 9 aromatic rings. The van der Waals surface area contributed by atoms with Gasteiger partial charge in [0, 0.05) is 144 Å². The number of carbonyl (C=O) groups excluding carboxylic acids is 7. The zero-order valence-electron chi connectivity index (χ0n) is 71.6. The van der Waals surface area contributed by atoms with Crippen molar-refractivity contribution in [1.29, 1.82) is 0 Å². The quantitative estimate of drug-likeness (QED) is 0.00852. The molecule has 654 valence electrons. The number of hydroxylamine groups is 1. The highest BCUT2D eigenvalue weighted by Gasteiger charge is 2.31. The molecule has 7 N–H and O–H groups in total. The van der Waals surface area contributed by atoms with Crippen molar-refractivity contribution in [1.82, 2.24) is 78.7 Å². The SMILES string of the molecule is CC(=O)c1c(C)c2cnc(Nc3ccc(C(=O)N4CCN(CCCCCCC(=O)CO)CC4)cn3)nc2n(C2CCCC2)c1=O.CC(=O)c1c(C)c2cnc(Nc3ccc(N(C)CCCCC(=O)CO)cn3)nc2n(C2CCCC2)c1=O.CC(=O)c1c(C)c2cnc(Nc3ccc(N4CCN(CCCCC(=O)NO)CC4)cn3)nc2n(C2CCCC2)c1=O. The molecule has 0 atom stereocenters. The number of Topliss-reactive ketones (excluding diaryl/α,β-unsaturated/α-hetero) is 5. The lowest BCUT2D eigenvalue weighted by atomic mass is 10.0. The Balaban J connectivity index is 0.000000169. The van der Waals surface area contributed by atoms with Crippen LogP contribution in [0, 0.1) is 20.8 Å². The highest BCUT2D eigenvalue weighted by molar-refractivity contribution is 6.01. The molecule has 0 radical (unpaired) electrons. The monoisotopic (exact) mass is 1690 g/mol. The van der Waals surface area contributed by atoms with Crippen molar-refractivity contribution in [3.63, 3.8) is 0 Å². The summed E-state index contributed by atoms with van der Waals surface area (Å²) in [6.07, 6.45) is 30.0. The zero-order chi connectivity index (χ0) is 87.4. The Bertz CT molecular complexity index is 5450. The number of piperazine rings is 2. The van der Waals surface area contributed by atoms with E-state index in [0.717, 1.165) is 199 Å². The smallest absolute Gasteiger partial charge is 0.263 e. The van der Waals surface area contributed by atoms with Crippen LogP contribution >= 0.6 is 0 Å². The molecular formula is C89H115N21O13. The van der Waals surface area contributed by atoms with Crippen molar-refractivity contribution in [3.8, 4) is 0 Å². The molecule has 2 saturated heterocycles. The second-order valence-corrected chi connectivity index (χ2v) is 32.8. The fourth-order valence-corrected chi connectivity index (χ4v) is 17.4. The van der Waals surface area contributed by atoms with E-state index < -0.39 is 6.61 Å². The van der Waals surface area contributed by atoms with Gasteiger partial charge < -0.3 is 40.9 Å². The lowest BCUT2D eigenvalue weighted by molar-refractivity contribution is -0.129. The fraction of sp³-hybridized carbons (Fsp3) is 0.517. The summed E-state index contributed by atoms with van der Waals surface area (Å²) in [5, 5.41) is 37.7. The molecule has 3 aliphatic carbocycles. The average molecular weight is 1690 g/mol. The number of aromatic nitrogens is 12. The van der Waals surface area contributed by atoms with Gasteiger partial charge in [0.25, 0.3) is 22.6 Å². The van der Waals surface area contributed by atoms with Crippen LogP contribution in [0.15, 0.2) is 88.0 Å². The Morgan fingerprint density at radius 3 is 1.20 bits per heavy atom. The molecule has 2 aliphatic heterocycles. The molecule has 0 unspecified atom stereocenters. The van der Waals surface area contributed by atoms with Crippen molar-refractivity contribution in [2.45, 2.75) is 207 Å². The van der Waals surface area contributed by atoms with Gasteiger partial charge in [-0.3, -0.25) is 76.7 Å². The summed E-state index contributed by atoms with van der Waals surface area (Å²) >= 11 is 0. The molecule has 5 aliphatic rings. The van der Waals surface area contributed by atoms with Crippen molar-refractivity contribution in [2.75, 3.05) is 118 Å². The van der Waals surface area contributed by atoms with Crippen molar-refractivity contribution in [2.24, 2.45) is 0 Å². The number of aliphatic hydroxyl groups excluding tert-OH is 2. The van der Waals surface area contributed by atoms with Crippen molar-refractivity contribution in [3.05, 3.63) is 144 Å². The molecule has 5 fully saturated rings. The van der Waals surface area contributed by atoms with Crippen molar-refractivity contribution >= 4 is 121 Å². The molecule has 11 heterocycles. The van der Waals surface area contributed by atoms with Crippen LogP contribution in [-0.4, -0.2) is 222 Å². The second kappa shape index (κ2) is 43.0. The van der Waals surface area contributed by atoms with Crippen molar-refractivity contribution < 1.29 is 49.0 Å². The molecule has 34 heteroatoms. The van der Waals surface area contributed by atoms with Gasteiger partial charge in [-0.2, -0.15) is 15.0 Å². The third-order valence-electron chi connectivity index (χ3n) is 24.3. The van der Waals surface area contributed by atoms with E-state index in [4.69, 9.17) is 30.4 Å². The van der Waals surface area contributed by atoms with E-state index in [2.05, 4.69) is 65.5 Å². The lowest BCUT2D eigenvalue weighted by Gasteiger charge is -2.36. The number of fused-ring (bicyclic) bond motifs is 3. The summed E-state index contributed by atoms with van der Waals surface area (Å²) in [5.41, 5.74) is 7.36. The third kappa shape index (κ3) is 22.6. The molecule has 14 rings (SSSR count). The Morgan fingerprint density at radius 2 is 0.821 bits per heavy atom. The molecule has 9 aromatic heterocycles. The van der Waals surface area contributed by atoms with E-state index in [9.17, 15) is 47.9 Å². The molecule has 0 aromatic carbocycles. The average Bonchev–Trinajstić information content (AvgIpc) is 1.62. The molecule has 0 spiro atoms. The van der Waals surface area contributed by atoms with Gasteiger partial charge in [0.15, 0.2) is 28.9 Å². The van der Waals surface area contributed by atoms with Crippen LogP contribution in [0.1, 0.15) is 245 Å². The number of aliphatic hydroxyl groups is 2. The Kier molecular flexibility index (Phi) is 31.7. The van der Waals surface area contributed by atoms with E-state index in [1.807, 2.05) is 42.4 Å². The maximum Gasteiger partial charge on any atom is 0.263 e. The Labute approximate surface area is 713 Å². The number of rotatable bonds is 34. The van der Waals surface area contributed by atoms with Crippen LogP contribution in [0.25, 0.3) is 33.1 Å². The second-order valence-electron chi connectivity index (χ2n) is 32.8. The van der Waals surface area contributed by atoms with Gasteiger partial charge in [0.1, 0.15) is 47.6 Å². The number of hydrogen-bond acceptors (Lipinski definition) is 29. The first-order valence-corrected chi connectivity index (χ1v) is 43.3. The molecular weight excluding hydrogens is 1570 g/mol. The summed E-state index contributed by atoms with van der Waals surface area (Å²) in [6, 6.07) is 11.2. The lowest BCUT2D eigenvalue weighted by Crippen LogP contribution is -2.48. The number of amides is 2. The number of carbonyl (C=O) groups is 7. The fourth-order valence-electron chi connectivity index (χ4n) is 17.4. The van der Waals surface area contributed by atoms with Crippen LogP contribution in [0.4, 0.5) is 46.7 Å². The van der Waals surface area contributed by atoms with Crippen LogP contribution in [0.3, 0.4) is 0 Å². The van der Waals surface area contributed by atoms with E-state index in [-0.39, 0.29) is 105 Å². The number of nitrogens with zero attached hydrogens (tertiary/aromatic N) is 17. The van der Waals surface area contributed by atoms with Gasteiger partial charge >= 0.3 is 0 Å². The van der Waals surface area contributed by atoms with Crippen LogP contribution in [0.5, 0.6) is 0 Å². The number of unbranched alkanes of at least 4 members (excludes halogenated alkanes) is 5. The summed E-state index contributed by atoms with van der Waals surface area (Å²) < 4.78 is 5.08. The van der Waals surface area contributed by atoms with Gasteiger partial charge in [-0.15, -0.1) is 0 Å². The third-order valence-corrected chi connectivity index (χ3v) is 24.3. The standard InChI is InChI=1S/C33H43N7O5.C29H38N8O4.C27H34N6O4/c1-22-27-20-35-33(37-30(27)40(25-9-6-7-10-25)32(45)29(22)23(2)42)36-28-13-12-24(19-34-28)31(44)39-17-15-38(16-18-39)14-8-4-3-5-11-26(43)21-41;1-19-23-18-31-29(33-27(23)37(21-7-3-4-8-21)28(40)26(19)20(2)38)32-24-11-10-22(17-30-24)36-15-13-35(14-16-36)12-6-5-9-25(39)34-41;1-17-22-15-29-27(31-25(22)33(19-8-4-5-9-19)26(37)24(17)18(2)35)30-23-12-11-20(14-28-23)32(3)13-7-6-10-21(36)16-34/h12-13,19-20,25,41H,3-11,14-18,21H2,1-2H3,(H,34,35,36,37);10-11,17-18,21,41H,3-9,12-16H2,1-2H3,(H,34,39)(H,30,31,32,33);11-12,14-15,19,34H,4-10,13,16H2,1-3H3,(H,28,29,30,31). The molecule has 34 nitrogen and oxygen atoms in total. The predicted octanol–water partition coefficient (Wildman–Crippen LogP) is 10.9. The largest absolute Gasteiger partial charge is 0.389 e. The number of pyridine rings is 6. The summed E-state index contributed by atoms with van der Waals surface area (Å²) in [5.74, 6) is 1.25. The number of aryl methyl sites for hydroxylation is 3. The first-order valence-electron chi connectivity index (χ1n) is 43.3. The van der Waals surface area contributed by atoms with Gasteiger partial charge in [-0.05, 0) is 185 Å². The molecule has 2 amide bonds. The molecule has 3 saturated carbocycles. The van der Waals surface area contributed by atoms with Crippen LogP contribution < -0.4 is 47.9 Å². The maximum absolute atomic E-state index is 13.5. The number of nitrogens with one attached hydrogen (secondary N) is 4. The van der Waals surface area contributed by atoms with Gasteiger partial charge in [-0.1, -0.05) is 51.4 Å². The Morgan fingerprint density at radius 1 is 0.439 bits per heavy atom. The minimum absolute atomic E-state index is 0.00684. The maximum atomic E-state index is 13.5. The topological polar surface area (TPSA) is 427 Å². The Hall–Kier alpha value is -11.6. The molecule has 0 bridgehead atoms.